The van der Waals surface area contributed by atoms with E-state index in [4.69, 9.17) is 4.74 Å². The molecule has 0 aliphatic carbocycles. The highest BCUT2D eigenvalue weighted by molar-refractivity contribution is 5.94. The molecule has 0 N–H and O–H groups in total. The third-order valence-corrected chi connectivity index (χ3v) is 6.78. The van der Waals surface area contributed by atoms with Crippen LogP contribution in [0.4, 0.5) is 4.39 Å². The lowest BCUT2D eigenvalue weighted by atomic mass is 9.89. The van der Waals surface area contributed by atoms with Crippen molar-refractivity contribution in [2.45, 2.75) is 24.9 Å². The number of likely N-dealkylation sites (tertiary alicyclic amines) is 2. The fourth-order valence-corrected chi connectivity index (χ4v) is 5.41. The maximum atomic E-state index is 14.0. The Balaban J connectivity index is 1.44. The Hall–Kier alpha value is -2.31. The third-order valence-electron chi connectivity index (χ3n) is 6.78. The van der Waals surface area contributed by atoms with Crippen LogP contribution in [0.1, 0.15) is 34.8 Å². The molecular weight excluding hydrogens is 369 g/mol. The number of pyridine rings is 1. The molecule has 3 aliphatic heterocycles. The predicted molar refractivity (Wildman–Crippen MR) is 107 cm³/mol. The van der Waals surface area contributed by atoms with Crippen LogP contribution in [-0.4, -0.2) is 59.6 Å². The Labute approximate surface area is 170 Å². The van der Waals surface area contributed by atoms with Gasteiger partial charge in [0.05, 0.1) is 6.04 Å². The number of nitrogens with zero attached hydrogens (tertiary/aromatic N) is 3. The summed E-state index contributed by atoms with van der Waals surface area (Å²) in [6, 6.07) is 10.7. The van der Waals surface area contributed by atoms with Crippen LogP contribution < -0.4 is 0 Å². The van der Waals surface area contributed by atoms with Crippen LogP contribution in [0.5, 0.6) is 0 Å². The molecule has 5 rings (SSSR count). The molecule has 0 unspecified atom stereocenters. The van der Waals surface area contributed by atoms with Gasteiger partial charge in [-0.25, -0.2) is 4.39 Å². The Morgan fingerprint density at radius 3 is 2.62 bits per heavy atom. The predicted octanol–water partition coefficient (Wildman–Crippen LogP) is 3.14. The number of carbonyl (C=O) groups is 1. The minimum Gasteiger partial charge on any atom is -0.381 e. The maximum Gasteiger partial charge on any atom is 0.254 e. The summed E-state index contributed by atoms with van der Waals surface area (Å²) in [5, 5.41) is 0. The lowest BCUT2D eigenvalue weighted by molar-refractivity contribution is 0.0361. The van der Waals surface area contributed by atoms with Crippen molar-refractivity contribution in [3.63, 3.8) is 0 Å². The average Bonchev–Trinajstić information content (AvgIpc) is 3.32. The Morgan fingerprint density at radius 2 is 1.86 bits per heavy atom. The van der Waals surface area contributed by atoms with Gasteiger partial charge >= 0.3 is 0 Å². The lowest BCUT2D eigenvalue weighted by Crippen LogP contribution is -2.41. The van der Waals surface area contributed by atoms with Crippen LogP contribution >= 0.6 is 0 Å². The standard InChI is InChI=1S/C23H26FN3O2/c24-19-3-1-2-17(12-19)22-21-15-26(20-6-10-29-11-7-20)13-18(21)14-27(22)23(28)16-4-8-25-9-5-16/h1-5,8-9,12,18,20-22H,6-7,10-11,13-15H2/t18-,21-,22+/m0/s1. The molecule has 3 atom stereocenters. The summed E-state index contributed by atoms with van der Waals surface area (Å²) in [5.74, 6) is 0.498. The fraction of sp³-hybridized carbons (Fsp3) is 0.478. The van der Waals surface area contributed by atoms with E-state index >= 15 is 0 Å². The minimum absolute atomic E-state index is 0.00803. The highest BCUT2D eigenvalue weighted by Crippen LogP contribution is 2.46. The van der Waals surface area contributed by atoms with Crippen molar-refractivity contribution >= 4 is 5.91 Å². The largest absolute Gasteiger partial charge is 0.381 e. The number of fused-ring (bicyclic) bond motifs is 1. The summed E-state index contributed by atoms with van der Waals surface area (Å²) in [6.45, 7) is 4.33. The van der Waals surface area contributed by atoms with Crippen molar-refractivity contribution < 1.29 is 13.9 Å². The molecule has 2 aromatic rings. The van der Waals surface area contributed by atoms with Gasteiger partial charge in [0.1, 0.15) is 5.82 Å². The van der Waals surface area contributed by atoms with Gasteiger partial charge in [-0.3, -0.25) is 14.7 Å². The first kappa shape index (κ1) is 18.7. The second-order valence-electron chi connectivity index (χ2n) is 8.41. The number of halogens is 1. The Bertz CT molecular complexity index is 871. The zero-order valence-electron chi connectivity index (χ0n) is 16.4. The second kappa shape index (κ2) is 7.84. The molecule has 0 spiro atoms. The van der Waals surface area contributed by atoms with Gasteiger partial charge < -0.3 is 9.64 Å². The maximum absolute atomic E-state index is 14.0. The first-order chi connectivity index (χ1) is 14.2. The molecule has 1 amide bonds. The van der Waals surface area contributed by atoms with E-state index in [1.807, 2.05) is 11.0 Å². The molecule has 6 heteroatoms. The number of benzene rings is 1. The van der Waals surface area contributed by atoms with Gasteiger partial charge in [0, 0.05) is 62.8 Å². The van der Waals surface area contributed by atoms with Crippen molar-refractivity contribution in [2.24, 2.45) is 11.8 Å². The molecule has 0 saturated carbocycles. The highest BCUT2D eigenvalue weighted by Gasteiger charge is 2.50. The van der Waals surface area contributed by atoms with Gasteiger partial charge in [-0.1, -0.05) is 12.1 Å². The summed E-state index contributed by atoms with van der Waals surface area (Å²) >= 11 is 0. The molecule has 3 saturated heterocycles. The van der Waals surface area contributed by atoms with E-state index in [0.29, 0.717) is 30.0 Å². The molecule has 152 valence electrons. The van der Waals surface area contributed by atoms with Gasteiger partial charge in [0.2, 0.25) is 0 Å². The van der Waals surface area contributed by atoms with E-state index in [1.54, 1.807) is 36.7 Å². The monoisotopic (exact) mass is 395 g/mol. The summed E-state index contributed by atoms with van der Waals surface area (Å²) < 4.78 is 19.6. The smallest absolute Gasteiger partial charge is 0.254 e. The normalized spacial score (nSPS) is 27.9. The third kappa shape index (κ3) is 3.55. The molecule has 5 nitrogen and oxygen atoms in total. The van der Waals surface area contributed by atoms with Crippen LogP contribution in [-0.2, 0) is 4.74 Å². The van der Waals surface area contributed by atoms with Gasteiger partial charge in [-0.15, -0.1) is 0 Å². The molecule has 1 aromatic heterocycles. The van der Waals surface area contributed by atoms with Crippen LogP contribution in [0, 0.1) is 17.7 Å². The summed E-state index contributed by atoms with van der Waals surface area (Å²) in [4.78, 5) is 21.9. The van der Waals surface area contributed by atoms with Crippen molar-refractivity contribution in [2.75, 3.05) is 32.8 Å². The lowest BCUT2D eigenvalue weighted by Gasteiger charge is -2.34. The molecule has 0 radical (unpaired) electrons. The first-order valence-corrected chi connectivity index (χ1v) is 10.5. The van der Waals surface area contributed by atoms with Gasteiger partial charge in [-0.05, 0) is 48.6 Å². The van der Waals surface area contributed by atoms with Crippen LogP contribution in [0.25, 0.3) is 0 Å². The minimum atomic E-state index is -0.249. The Kier molecular flexibility index (Phi) is 5.06. The van der Waals surface area contributed by atoms with E-state index in [0.717, 1.165) is 44.7 Å². The van der Waals surface area contributed by atoms with Crippen LogP contribution in [0.15, 0.2) is 48.8 Å². The number of rotatable bonds is 3. The quantitative estimate of drug-likeness (QED) is 0.801. The molecule has 4 heterocycles. The first-order valence-electron chi connectivity index (χ1n) is 10.5. The summed E-state index contributed by atoms with van der Waals surface area (Å²) in [6.07, 6.45) is 5.44. The average molecular weight is 395 g/mol. The molecular formula is C23H26FN3O2. The fourth-order valence-electron chi connectivity index (χ4n) is 5.41. The van der Waals surface area contributed by atoms with E-state index in [1.165, 1.54) is 6.07 Å². The van der Waals surface area contributed by atoms with Gasteiger partial charge in [0.15, 0.2) is 0 Å². The number of hydrogen-bond acceptors (Lipinski definition) is 4. The number of ether oxygens (including phenoxy) is 1. The molecule has 1 aromatic carbocycles. The zero-order chi connectivity index (χ0) is 19.8. The van der Waals surface area contributed by atoms with Crippen molar-refractivity contribution in [1.82, 2.24) is 14.8 Å². The molecule has 3 aliphatic rings. The molecule has 29 heavy (non-hydrogen) atoms. The van der Waals surface area contributed by atoms with Crippen LogP contribution in [0.2, 0.25) is 0 Å². The van der Waals surface area contributed by atoms with E-state index < -0.39 is 0 Å². The molecule has 0 bridgehead atoms. The van der Waals surface area contributed by atoms with Crippen molar-refractivity contribution in [1.29, 1.82) is 0 Å². The second-order valence-corrected chi connectivity index (χ2v) is 8.41. The topological polar surface area (TPSA) is 45.7 Å². The SMILES string of the molecule is O=C(c1ccncc1)N1C[C@@H]2CN(C3CCOCC3)C[C@@H]2[C@H]1c1cccc(F)c1. The van der Waals surface area contributed by atoms with E-state index in [2.05, 4.69) is 9.88 Å². The Morgan fingerprint density at radius 1 is 1.07 bits per heavy atom. The summed E-state index contributed by atoms with van der Waals surface area (Å²) in [5.41, 5.74) is 1.54. The van der Waals surface area contributed by atoms with Gasteiger partial charge in [-0.2, -0.15) is 0 Å². The van der Waals surface area contributed by atoms with E-state index in [-0.39, 0.29) is 17.8 Å². The van der Waals surface area contributed by atoms with Gasteiger partial charge in [0.25, 0.3) is 5.91 Å². The van der Waals surface area contributed by atoms with E-state index in [9.17, 15) is 9.18 Å². The zero-order valence-corrected chi connectivity index (χ0v) is 16.4. The number of aromatic nitrogens is 1. The number of amides is 1. The van der Waals surface area contributed by atoms with Crippen molar-refractivity contribution in [3.05, 3.63) is 65.7 Å². The number of hydrogen-bond donors (Lipinski definition) is 0. The van der Waals surface area contributed by atoms with Crippen molar-refractivity contribution in [3.8, 4) is 0 Å². The summed E-state index contributed by atoms with van der Waals surface area (Å²) in [7, 11) is 0. The van der Waals surface area contributed by atoms with Crippen LogP contribution in [0.3, 0.4) is 0 Å². The highest BCUT2D eigenvalue weighted by atomic mass is 19.1. The molecule has 3 fully saturated rings. The number of carbonyl (C=O) groups excluding carboxylic acids is 1.